The first-order valence-electron chi connectivity index (χ1n) is 7.61. The lowest BCUT2D eigenvalue weighted by molar-refractivity contribution is 0.588. The Balaban J connectivity index is 1.95. The first-order chi connectivity index (χ1) is 11.9. The predicted octanol–water partition coefficient (Wildman–Crippen LogP) is 2.85. The van der Waals surface area contributed by atoms with E-state index in [1.54, 1.807) is 24.3 Å². The van der Waals surface area contributed by atoms with Gasteiger partial charge >= 0.3 is 0 Å². The molecule has 1 unspecified atom stereocenters. The van der Waals surface area contributed by atoms with Crippen LogP contribution in [0.15, 0.2) is 53.7 Å². The lowest BCUT2D eigenvalue weighted by atomic mass is 10.1. The van der Waals surface area contributed by atoms with Crippen LogP contribution in [0.25, 0.3) is 10.9 Å². The molecule has 3 aromatic rings. The van der Waals surface area contributed by atoms with Gasteiger partial charge in [0.2, 0.25) is 10.0 Å². The highest BCUT2D eigenvalue weighted by molar-refractivity contribution is 7.89. The molecule has 0 bridgehead atoms. The van der Waals surface area contributed by atoms with E-state index in [9.17, 15) is 12.8 Å². The lowest BCUT2D eigenvalue weighted by Crippen LogP contribution is -2.19. The summed E-state index contributed by atoms with van der Waals surface area (Å²) in [5.41, 5.74) is 0.998. The second-order valence-corrected chi connectivity index (χ2v) is 7.39. The molecule has 0 amide bonds. The maximum Gasteiger partial charge on any atom is 0.240 e. The standard InChI is InChI=1S/C17H17FN4O2S/c1-11(12-5-3-6-13(9-12)25(23,24)19-2)22-17-14-7-4-8-15(18)16(14)20-10-21-17/h3-11,19H,1-2H3,(H,20,21,22). The monoisotopic (exact) mass is 360 g/mol. The molecular formula is C17H17FN4O2S. The largest absolute Gasteiger partial charge is 0.363 e. The molecule has 0 aliphatic heterocycles. The van der Waals surface area contributed by atoms with Gasteiger partial charge in [0.1, 0.15) is 23.5 Å². The predicted molar refractivity (Wildman–Crippen MR) is 94.2 cm³/mol. The van der Waals surface area contributed by atoms with E-state index in [-0.39, 0.29) is 16.5 Å². The average Bonchev–Trinajstić information content (AvgIpc) is 2.62. The molecule has 0 saturated heterocycles. The fraction of sp³-hybridized carbons (Fsp3) is 0.176. The summed E-state index contributed by atoms with van der Waals surface area (Å²) in [4.78, 5) is 8.33. The van der Waals surface area contributed by atoms with Crippen molar-refractivity contribution in [1.29, 1.82) is 0 Å². The molecule has 0 radical (unpaired) electrons. The van der Waals surface area contributed by atoms with Crippen LogP contribution in [0.5, 0.6) is 0 Å². The first kappa shape index (κ1) is 17.2. The summed E-state index contributed by atoms with van der Waals surface area (Å²) in [6.45, 7) is 1.87. The van der Waals surface area contributed by atoms with Gasteiger partial charge in [-0.3, -0.25) is 0 Å². The third-order valence-electron chi connectivity index (χ3n) is 3.91. The number of nitrogens with one attached hydrogen (secondary N) is 2. The van der Waals surface area contributed by atoms with Gasteiger partial charge in [-0.05, 0) is 43.8 Å². The Labute approximate surface area is 145 Å². The molecule has 2 N–H and O–H groups in total. The van der Waals surface area contributed by atoms with Crippen molar-refractivity contribution in [3.05, 3.63) is 60.2 Å². The highest BCUT2D eigenvalue weighted by atomic mass is 32.2. The molecule has 6 nitrogen and oxygen atoms in total. The maximum atomic E-state index is 13.9. The highest BCUT2D eigenvalue weighted by Gasteiger charge is 2.15. The molecule has 3 rings (SSSR count). The van der Waals surface area contributed by atoms with E-state index in [1.807, 2.05) is 13.0 Å². The molecule has 2 aromatic carbocycles. The van der Waals surface area contributed by atoms with Gasteiger partial charge in [0.15, 0.2) is 0 Å². The van der Waals surface area contributed by atoms with Gasteiger partial charge in [0.05, 0.1) is 10.9 Å². The van der Waals surface area contributed by atoms with Crippen LogP contribution in [0.2, 0.25) is 0 Å². The number of nitrogens with zero attached hydrogens (tertiary/aromatic N) is 2. The zero-order chi connectivity index (χ0) is 18.0. The maximum absolute atomic E-state index is 13.9. The third kappa shape index (κ3) is 3.45. The number of hydrogen-bond acceptors (Lipinski definition) is 5. The minimum Gasteiger partial charge on any atom is -0.363 e. The molecule has 8 heteroatoms. The zero-order valence-corrected chi connectivity index (χ0v) is 14.5. The molecular weight excluding hydrogens is 343 g/mol. The molecule has 130 valence electrons. The Hall–Kier alpha value is -2.58. The molecule has 0 aliphatic carbocycles. The van der Waals surface area contributed by atoms with E-state index in [0.717, 1.165) is 5.56 Å². The van der Waals surface area contributed by atoms with E-state index in [0.29, 0.717) is 11.2 Å². The fourth-order valence-corrected chi connectivity index (χ4v) is 3.31. The van der Waals surface area contributed by atoms with Crippen molar-refractivity contribution < 1.29 is 12.8 Å². The van der Waals surface area contributed by atoms with Crippen LogP contribution < -0.4 is 10.0 Å². The van der Waals surface area contributed by atoms with Crippen molar-refractivity contribution >= 4 is 26.7 Å². The molecule has 0 saturated carbocycles. The molecule has 25 heavy (non-hydrogen) atoms. The number of halogens is 1. The normalized spacial score (nSPS) is 12.9. The van der Waals surface area contributed by atoms with Gasteiger partial charge < -0.3 is 5.32 Å². The van der Waals surface area contributed by atoms with Crippen LogP contribution in [0.4, 0.5) is 10.2 Å². The van der Waals surface area contributed by atoms with Crippen LogP contribution >= 0.6 is 0 Å². The summed E-state index contributed by atoms with van der Waals surface area (Å²) >= 11 is 0. The van der Waals surface area contributed by atoms with Crippen molar-refractivity contribution in [2.45, 2.75) is 17.9 Å². The molecule has 0 aliphatic rings. The lowest BCUT2D eigenvalue weighted by Gasteiger charge is -2.17. The summed E-state index contributed by atoms with van der Waals surface area (Å²) in [5, 5.41) is 3.76. The second kappa shape index (κ2) is 6.73. The van der Waals surface area contributed by atoms with Crippen LogP contribution in [0.1, 0.15) is 18.5 Å². The van der Waals surface area contributed by atoms with Crippen LogP contribution in [0.3, 0.4) is 0 Å². The number of rotatable bonds is 5. The van der Waals surface area contributed by atoms with Gasteiger partial charge in [-0.2, -0.15) is 0 Å². The number of aromatic nitrogens is 2. The highest BCUT2D eigenvalue weighted by Crippen LogP contribution is 2.26. The number of sulfonamides is 1. The van der Waals surface area contributed by atoms with E-state index in [1.165, 1.54) is 25.5 Å². The summed E-state index contributed by atoms with van der Waals surface area (Å²) in [6.07, 6.45) is 1.29. The topological polar surface area (TPSA) is 84.0 Å². The Morgan fingerprint density at radius 3 is 2.64 bits per heavy atom. The fourth-order valence-electron chi connectivity index (χ4n) is 2.52. The van der Waals surface area contributed by atoms with Gasteiger partial charge in [0.25, 0.3) is 0 Å². The Morgan fingerprint density at radius 1 is 1.12 bits per heavy atom. The summed E-state index contributed by atoms with van der Waals surface area (Å²) in [6, 6.07) is 11.0. The van der Waals surface area contributed by atoms with Crippen molar-refractivity contribution in [2.75, 3.05) is 12.4 Å². The number of para-hydroxylation sites is 1. The number of benzene rings is 2. The smallest absolute Gasteiger partial charge is 0.240 e. The molecule has 0 fully saturated rings. The summed E-state index contributed by atoms with van der Waals surface area (Å²) in [5.74, 6) is 0.0663. The first-order valence-corrected chi connectivity index (χ1v) is 9.10. The Bertz CT molecular complexity index is 1020. The number of hydrogen-bond donors (Lipinski definition) is 2. The number of anilines is 1. The Morgan fingerprint density at radius 2 is 1.88 bits per heavy atom. The van der Waals surface area contributed by atoms with Crippen molar-refractivity contribution in [1.82, 2.24) is 14.7 Å². The molecule has 1 atom stereocenters. The van der Waals surface area contributed by atoms with Crippen LogP contribution in [-0.4, -0.2) is 25.4 Å². The SMILES string of the molecule is CNS(=O)(=O)c1cccc(C(C)Nc2ncnc3c(F)cccc23)c1. The van der Waals surface area contributed by atoms with E-state index in [2.05, 4.69) is 20.0 Å². The van der Waals surface area contributed by atoms with Crippen LogP contribution in [0, 0.1) is 5.82 Å². The third-order valence-corrected chi connectivity index (χ3v) is 5.32. The number of fused-ring (bicyclic) bond motifs is 1. The minimum absolute atomic E-state index is 0.180. The van der Waals surface area contributed by atoms with E-state index in [4.69, 9.17) is 0 Å². The van der Waals surface area contributed by atoms with Gasteiger partial charge in [0, 0.05) is 5.39 Å². The van der Waals surface area contributed by atoms with E-state index >= 15 is 0 Å². The van der Waals surface area contributed by atoms with Crippen molar-refractivity contribution in [2.24, 2.45) is 0 Å². The Kier molecular flexibility index (Phi) is 4.65. The van der Waals surface area contributed by atoms with Crippen molar-refractivity contribution in [3.63, 3.8) is 0 Å². The van der Waals surface area contributed by atoms with Gasteiger partial charge in [-0.1, -0.05) is 18.2 Å². The van der Waals surface area contributed by atoms with Crippen LogP contribution in [-0.2, 0) is 10.0 Å². The van der Waals surface area contributed by atoms with Gasteiger partial charge in [-0.15, -0.1) is 0 Å². The summed E-state index contributed by atoms with van der Waals surface area (Å²) < 4.78 is 40.1. The van der Waals surface area contributed by atoms with Gasteiger partial charge in [-0.25, -0.2) is 27.5 Å². The van der Waals surface area contributed by atoms with E-state index < -0.39 is 15.8 Å². The zero-order valence-electron chi connectivity index (χ0n) is 13.7. The minimum atomic E-state index is -3.52. The quantitative estimate of drug-likeness (QED) is 0.731. The second-order valence-electron chi connectivity index (χ2n) is 5.50. The molecule has 1 heterocycles. The summed E-state index contributed by atoms with van der Waals surface area (Å²) in [7, 11) is -2.15. The van der Waals surface area contributed by atoms with Crippen molar-refractivity contribution in [3.8, 4) is 0 Å². The molecule has 0 spiro atoms. The molecule has 1 aromatic heterocycles. The average molecular weight is 360 g/mol.